The van der Waals surface area contributed by atoms with Crippen LogP contribution in [0.3, 0.4) is 0 Å². The molecule has 0 aliphatic heterocycles. The number of nitrogens with zero attached hydrogens (tertiary/aromatic N) is 3. The molecule has 1 aromatic heterocycles. The first-order valence-corrected chi connectivity index (χ1v) is 9.14. The lowest BCUT2D eigenvalue weighted by molar-refractivity contribution is 0.488. The van der Waals surface area contributed by atoms with Gasteiger partial charge in [0.25, 0.3) is 0 Å². The Labute approximate surface area is 146 Å². The smallest absolute Gasteiger partial charge is 0.371 e. The van der Waals surface area contributed by atoms with E-state index in [4.69, 9.17) is 5.14 Å². The summed E-state index contributed by atoms with van der Waals surface area (Å²) in [4.78, 5) is 0. The Morgan fingerprint density at radius 2 is 1.84 bits per heavy atom. The molecule has 7 nitrogen and oxygen atoms in total. The van der Waals surface area contributed by atoms with Crippen molar-refractivity contribution in [3.05, 3.63) is 60.3 Å². The molecular formula is C17H18N4O3S. The average Bonchev–Trinajstić information content (AvgIpc) is 3.04. The fourth-order valence-electron chi connectivity index (χ4n) is 2.36. The Morgan fingerprint density at radius 3 is 2.48 bits per heavy atom. The van der Waals surface area contributed by atoms with Gasteiger partial charge in [-0.1, -0.05) is 31.2 Å². The topological polar surface area (TPSA) is 100 Å². The van der Waals surface area contributed by atoms with Crippen LogP contribution in [0.25, 0.3) is 16.9 Å². The van der Waals surface area contributed by atoms with Gasteiger partial charge in [-0.3, -0.25) is 0 Å². The van der Waals surface area contributed by atoms with Crippen molar-refractivity contribution in [1.29, 1.82) is 0 Å². The Hall–Kier alpha value is -2.71. The maximum absolute atomic E-state index is 10.9. The molecule has 0 atom stereocenters. The van der Waals surface area contributed by atoms with Crippen LogP contribution in [0, 0.1) is 0 Å². The number of nitrogens with two attached hydrogens (primary N) is 1. The summed E-state index contributed by atoms with van der Waals surface area (Å²) in [5.41, 5.74) is 3.60. The van der Waals surface area contributed by atoms with Crippen molar-refractivity contribution >= 4 is 10.3 Å². The van der Waals surface area contributed by atoms with Gasteiger partial charge in [0.2, 0.25) is 0 Å². The van der Waals surface area contributed by atoms with E-state index in [1.54, 1.807) is 16.8 Å². The van der Waals surface area contributed by atoms with Crippen molar-refractivity contribution in [1.82, 2.24) is 15.0 Å². The van der Waals surface area contributed by atoms with Gasteiger partial charge in [-0.15, -0.1) is 5.10 Å². The molecule has 25 heavy (non-hydrogen) atoms. The molecule has 0 unspecified atom stereocenters. The summed E-state index contributed by atoms with van der Waals surface area (Å²) in [6.45, 7) is 4.27. The molecule has 0 fully saturated rings. The van der Waals surface area contributed by atoms with Crippen LogP contribution in [-0.4, -0.2) is 23.4 Å². The van der Waals surface area contributed by atoms with E-state index in [-0.39, 0.29) is 5.75 Å². The molecule has 0 aliphatic rings. The average molecular weight is 358 g/mol. The van der Waals surface area contributed by atoms with Crippen LogP contribution in [0.5, 0.6) is 5.75 Å². The lowest BCUT2D eigenvalue weighted by atomic mass is 10.0. The maximum atomic E-state index is 10.9. The van der Waals surface area contributed by atoms with Gasteiger partial charge in [0.1, 0.15) is 11.4 Å². The van der Waals surface area contributed by atoms with Gasteiger partial charge < -0.3 is 4.18 Å². The Balaban J connectivity index is 1.85. The predicted molar refractivity (Wildman–Crippen MR) is 94.6 cm³/mol. The highest BCUT2D eigenvalue weighted by Crippen LogP contribution is 2.23. The minimum atomic E-state index is -4.03. The second-order valence-electron chi connectivity index (χ2n) is 5.90. The molecule has 0 radical (unpaired) electrons. The summed E-state index contributed by atoms with van der Waals surface area (Å²) in [5.74, 6) is 0.567. The van der Waals surface area contributed by atoms with Crippen molar-refractivity contribution in [3.63, 3.8) is 0 Å². The number of rotatable bonds is 5. The first-order valence-electron chi connectivity index (χ1n) is 7.67. The molecule has 0 spiro atoms. The van der Waals surface area contributed by atoms with Crippen molar-refractivity contribution in [3.8, 4) is 22.7 Å². The Morgan fingerprint density at radius 1 is 1.12 bits per heavy atom. The molecule has 0 amide bonds. The SMILES string of the molecule is CC(C)c1cccc(-n2cc(-c3ccc(OS(N)(=O)=O)cc3)nn2)c1. The monoisotopic (exact) mass is 358 g/mol. The van der Waals surface area contributed by atoms with Gasteiger partial charge in [-0.25, -0.2) is 4.68 Å². The lowest BCUT2D eigenvalue weighted by Crippen LogP contribution is -2.18. The molecule has 3 rings (SSSR count). The summed E-state index contributed by atoms with van der Waals surface area (Å²) in [6.07, 6.45) is 1.81. The summed E-state index contributed by atoms with van der Waals surface area (Å²) in [5, 5.41) is 13.2. The van der Waals surface area contributed by atoms with Crippen LogP contribution in [0.4, 0.5) is 0 Å². The highest BCUT2D eigenvalue weighted by atomic mass is 32.2. The summed E-state index contributed by atoms with van der Waals surface area (Å²) < 4.78 is 28.2. The molecule has 0 aliphatic carbocycles. The summed E-state index contributed by atoms with van der Waals surface area (Å²) in [7, 11) is -4.03. The summed E-state index contributed by atoms with van der Waals surface area (Å²) in [6, 6.07) is 14.5. The number of benzene rings is 2. The normalized spacial score (nSPS) is 11.7. The number of hydrogen-bond donors (Lipinski definition) is 1. The van der Waals surface area contributed by atoms with Crippen LogP contribution in [0.2, 0.25) is 0 Å². The minimum Gasteiger partial charge on any atom is -0.371 e. The highest BCUT2D eigenvalue weighted by Gasteiger charge is 2.09. The van der Waals surface area contributed by atoms with Crippen LogP contribution in [-0.2, 0) is 10.3 Å². The zero-order valence-corrected chi connectivity index (χ0v) is 14.6. The van der Waals surface area contributed by atoms with E-state index >= 15 is 0 Å². The van der Waals surface area contributed by atoms with Gasteiger partial charge in [-0.2, -0.15) is 13.6 Å². The molecule has 2 N–H and O–H groups in total. The van der Waals surface area contributed by atoms with E-state index in [9.17, 15) is 8.42 Å². The van der Waals surface area contributed by atoms with Crippen LogP contribution >= 0.6 is 0 Å². The van der Waals surface area contributed by atoms with Crippen LogP contribution < -0.4 is 9.32 Å². The molecule has 130 valence electrons. The third-order valence-corrected chi connectivity index (χ3v) is 4.08. The molecular weight excluding hydrogens is 340 g/mol. The largest absolute Gasteiger partial charge is 0.380 e. The van der Waals surface area contributed by atoms with E-state index in [2.05, 4.69) is 40.5 Å². The zero-order valence-electron chi connectivity index (χ0n) is 13.8. The van der Waals surface area contributed by atoms with E-state index in [1.165, 1.54) is 17.7 Å². The van der Waals surface area contributed by atoms with Crippen LogP contribution in [0.1, 0.15) is 25.3 Å². The fraction of sp³-hybridized carbons (Fsp3) is 0.176. The second kappa shape index (κ2) is 6.66. The quantitative estimate of drug-likeness (QED) is 0.756. The van der Waals surface area contributed by atoms with Crippen molar-refractivity contribution in [2.24, 2.45) is 5.14 Å². The molecule has 3 aromatic rings. The Bertz CT molecular complexity index is 979. The van der Waals surface area contributed by atoms with Crippen molar-refractivity contribution in [2.75, 3.05) is 0 Å². The molecule has 8 heteroatoms. The summed E-state index contributed by atoms with van der Waals surface area (Å²) >= 11 is 0. The number of aromatic nitrogens is 3. The molecule has 0 saturated heterocycles. The number of hydrogen-bond acceptors (Lipinski definition) is 5. The van der Waals surface area contributed by atoms with E-state index in [0.29, 0.717) is 11.6 Å². The van der Waals surface area contributed by atoms with Gasteiger partial charge in [0.15, 0.2) is 0 Å². The van der Waals surface area contributed by atoms with Gasteiger partial charge in [-0.05, 0) is 47.9 Å². The fourth-order valence-corrected chi connectivity index (χ4v) is 2.74. The van der Waals surface area contributed by atoms with Crippen molar-refractivity contribution < 1.29 is 12.6 Å². The lowest BCUT2D eigenvalue weighted by Gasteiger charge is -2.07. The maximum Gasteiger partial charge on any atom is 0.380 e. The highest BCUT2D eigenvalue weighted by molar-refractivity contribution is 7.84. The van der Waals surface area contributed by atoms with Crippen LogP contribution in [0.15, 0.2) is 54.7 Å². The van der Waals surface area contributed by atoms with E-state index in [0.717, 1.165) is 11.3 Å². The molecule has 0 bridgehead atoms. The van der Waals surface area contributed by atoms with Gasteiger partial charge in [0, 0.05) is 5.56 Å². The predicted octanol–water partition coefficient (Wildman–Crippen LogP) is 2.64. The third-order valence-electron chi connectivity index (χ3n) is 3.66. The molecule has 1 heterocycles. The molecule has 0 saturated carbocycles. The van der Waals surface area contributed by atoms with E-state index < -0.39 is 10.3 Å². The Kier molecular flexibility index (Phi) is 4.56. The van der Waals surface area contributed by atoms with Gasteiger partial charge >= 0.3 is 10.3 Å². The molecule has 2 aromatic carbocycles. The minimum absolute atomic E-state index is 0.142. The van der Waals surface area contributed by atoms with Gasteiger partial charge in [0.05, 0.1) is 11.9 Å². The zero-order chi connectivity index (χ0) is 18.0. The standard InChI is InChI=1S/C17H18N4O3S/c1-12(2)14-4-3-5-15(10-14)21-11-17(19-20-21)13-6-8-16(9-7-13)24-25(18,22)23/h3-12H,1-2H3,(H2,18,22,23). The first-order chi connectivity index (χ1) is 11.8. The third kappa shape index (κ3) is 4.23. The van der Waals surface area contributed by atoms with E-state index in [1.807, 2.05) is 18.3 Å². The first kappa shape index (κ1) is 17.1. The second-order valence-corrected chi connectivity index (χ2v) is 7.05. The van der Waals surface area contributed by atoms with Crippen molar-refractivity contribution in [2.45, 2.75) is 19.8 Å².